The van der Waals surface area contributed by atoms with E-state index in [1.807, 2.05) is 13.0 Å². The Morgan fingerprint density at radius 3 is 2.62 bits per heavy atom. The molecule has 0 bridgehead atoms. The first-order chi connectivity index (χ1) is 17.3. The summed E-state index contributed by atoms with van der Waals surface area (Å²) in [6, 6.07) is 1.55. The Labute approximate surface area is 212 Å². The van der Waals surface area contributed by atoms with Crippen LogP contribution in [0.15, 0.2) is 6.07 Å². The van der Waals surface area contributed by atoms with Crippen molar-refractivity contribution >= 4 is 43.4 Å². The van der Waals surface area contributed by atoms with Crippen molar-refractivity contribution in [2.24, 2.45) is 5.73 Å². The number of halogens is 3. The minimum absolute atomic E-state index is 0.0302. The van der Waals surface area contributed by atoms with Gasteiger partial charge >= 0.3 is 12.2 Å². The summed E-state index contributed by atoms with van der Waals surface area (Å²) in [5, 5.41) is 7.62. The zero-order valence-electron chi connectivity index (χ0n) is 19.4. The summed E-state index contributed by atoms with van der Waals surface area (Å²) in [7, 11) is -4.67. The fraction of sp³-hybridized carbons (Fsp3) is 0.550. The molecule has 3 aromatic heterocycles. The molecule has 17 heteroatoms. The van der Waals surface area contributed by atoms with Crippen molar-refractivity contribution in [2.75, 3.05) is 11.4 Å². The third-order valence-corrected chi connectivity index (χ3v) is 9.16. The average Bonchev–Trinajstić information content (AvgIpc) is 3.34. The molecule has 200 valence electrons. The molecule has 37 heavy (non-hydrogen) atoms. The number of fused-ring (bicyclic) bond motifs is 2. The third-order valence-electron chi connectivity index (χ3n) is 6.42. The number of alkyl halides is 3. The van der Waals surface area contributed by atoms with Gasteiger partial charge in [0.05, 0.1) is 11.9 Å². The number of thiophene rings is 1. The van der Waals surface area contributed by atoms with Gasteiger partial charge in [-0.05, 0) is 25.3 Å². The molecule has 0 aromatic carbocycles. The standard InChI is InChI=1S/C20H22F3N7O5S2/c1-2-3-10-8-11-15(29-6-7-30-12(9-29)27-28-17(30)20(21,22)23)25-18(26-16(11)36-10)35-13(14(24)31)19(4-5-19)37(32,33)34/h8,13H,2-7,9H2,1H3,(H2,24,31)(H,32,33,34). The Bertz CT molecular complexity index is 1480. The van der Waals surface area contributed by atoms with Crippen molar-refractivity contribution in [1.82, 2.24) is 24.7 Å². The summed E-state index contributed by atoms with van der Waals surface area (Å²) >= 11 is 1.35. The zero-order chi connectivity index (χ0) is 26.8. The van der Waals surface area contributed by atoms with E-state index in [0.717, 1.165) is 22.3 Å². The summed E-state index contributed by atoms with van der Waals surface area (Å²) < 4.78 is 78.2. The smallest absolute Gasteiger partial charge is 0.448 e. The second kappa shape index (κ2) is 8.76. The van der Waals surface area contributed by atoms with Crippen LogP contribution in [0.5, 0.6) is 6.01 Å². The average molecular weight is 562 g/mol. The molecule has 0 spiro atoms. The van der Waals surface area contributed by atoms with Crippen LogP contribution in [0, 0.1) is 0 Å². The minimum Gasteiger partial charge on any atom is -0.448 e. The van der Waals surface area contributed by atoms with Crippen LogP contribution in [0.2, 0.25) is 0 Å². The molecule has 4 heterocycles. The fourth-order valence-corrected chi connectivity index (χ4v) is 6.63. The topological polar surface area (TPSA) is 166 Å². The van der Waals surface area contributed by atoms with E-state index in [0.29, 0.717) is 16.0 Å². The quantitative estimate of drug-likeness (QED) is 0.388. The highest BCUT2D eigenvalue weighted by atomic mass is 32.2. The second-order valence-corrected chi connectivity index (χ2v) is 11.8. The van der Waals surface area contributed by atoms with Crippen LogP contribution in [0.1, 0.15) is 42.7 Å². The predicted molar refractivity (Wildman–Crippen MR) is 125 cm³/mol. The number of primary amides is 1. The Hall–Kier alpha value is -3.05. The molecule has 5 rings (SSSR count). The number of rotatable bonds is 8. The van der Waals surface area contributed by atoms with Crippen molar-refractivity contribution in [3.63, 3.8) is 0 Å². The van der Waals surface area contributed by atoms with Crippen LogP contribution in [0.25, 0.3) is 10.2 Å². The highest BCUT2D eigenvalue weighted by Crippen LogP contribution is 2.47. The first kappa shape index (κ1) is 25.6. The number of aryl methyl sites for hydroxylation is 1. The summed E-state index contributed by atoms with van der Waals surface area (Å²) in [4.78, 5) is 24.1. The van der Waals surface area contributed by atoms with Gasteiger partial charge in [0.15, 0.2) is 5.82 Å². The van der Waals surface area contributed by atoms with Crippen LogP contribution in [-0.4, -0.2) is 61.0 Å². The Morgan fingerprint density at radius 2 is 2.03 bits per heavy atom. The van der Waals surface area contributed by atoms with E-state index in [-0.39, 0.29) is 44.3 Å². The number of nitrogens with two attached hydrogens (primary N) is 1. The predicted octanol–water partition coefficient (Wildman–Crippen LogP) is 1.93. The third kappa shape index (κ3) is 4.48. The normalized spacial score (nSPS) is 18.0. The molecule has 3 N–H and O–H groups in total. The lowest BCUT2D eigenvalue weighted by molar-refractivity contribution is -0.147. The number of anilines is 1. The van der Waals surface area contributed by atoms with Gasteiger partial charge < -0.3 is 19.9 Å². The second-order valence-electron chi connectivity index (χ2n) is 8.96. The molecular formula is C20H22F3N7O5S2. The van der Waals surface area contributed by atoms with E-state index in [2.05, 4.69) is 20.2 Å². The molecule has 1 amide bonds. The number of carbonyl (C=O) groups excluding carboxylic acids is 1. The largest absolute Gasteiger partial charge is 0.451 e. The molecule has 1 unspecified atom stereocenters. The molecule has 1 atom stereocenters. The van der Waals surface area contributed by atoms with Crippen molar-refractivity contribution in [3.8, 4) is 6.01 Å². The number of carbonyl (C=O) groups is 1. The Morgan fingerprint density at radius 1 is 1.30 bits per heavy atom. The number of ether oxygens (including phenoxy) is 1. The molecule has 12 nitrogen and oxygen atoms in total. The first-order valence-electron chi connectivity index (χ1n) is 11.3. The van der Waals surface area contributed by atoms with Crippen LogP contribution >= 0.6 is 11.3 Å². The monoisotopic (exact) mass is 561 g/mol. The van der Waals surface area contributed by atoms with E-state index < -0.39 is 38.9 Å². The van der Waals surface area contributed by atoms with Gasteiger partial charge in [-0.1, -0.05) is 13.3 Å². The van der Waals surface area contributed by atoms with Crippen LogP contribution in [-0.2, 0) is 40.6 Å². The number of amides is 1. The van der Waals surface area contributed by atoms with Gasteiger partial charge in [0.25, 0.3) is 16.0 Å². The molecule has 3 aromatic rings. The molecule has 1 fully saturated rings. The molecule has 0 radical (unpaired) electrons. The van der Waals surface area contributed by atoms with Crippen LogP contribution < -0.4 is 15.4 Å². The van der Waals surface area contributed by atoms with Crippen LogP contribution in [0.4, 0.5) is 19.0 Å². The Balaban J connectivity index is 1.55. The van der Waals surface area contributed by atoms with Crippen LogP contribution in [0.3, 0.4) is 0 Å². The maximum atomic E-state index is 13.3. The van der Waals surface area contributed by atoms with Gasteiger partial charge in [0.2, 0.25) is 11.9 Å². The number of hydrogen-bond donors (Lipinski definition) is 2. The first-order valence-corrected chi connectivity index (χ1v) is 13.6. The lowest BCUT2D eigenvalue weighted by Gasteiger charge is -2.29. The summed E-state index contributed by atoms with van der Waals surface area (Å²) in [5.74, 6) is -1.77. The molecule has 1 aliphatic heterocycles. The van der Waals surface area contributed by atoms with E-state index in [1.54, 1.807) is 4.90 Å². The highest BCUT2D eigenvalue weighted by Gasteiger charge is 2.63. The van der Waals surface area contributed by atoms with Crippen molar-refractivity contribution in [3.05, 3.63) is 22.6 Å². The minimum atomic E-state index is -4.67. The lowest BCUT2D eigenvalue weighted by Crippen LogP contribution is -2.49. The number of aromatic nitrogens is 5. The van der Waals surface area contributed by atoms with Crippen molar-refractivity contribution < 1.29 is 35.7 Å². The number of hydrogen-bond acceptors (Lipinski definition) is 10. The zero-order valence-corrected chi connectivity index (χ0v) is 21.0. The SMILES string of the molecule is CCCc1cc2c(N3CCn4c(nnc4C(F)(F)F)C3)nc(OC(C(N)=O)C3(S(=O)(=O)O)CC3)nc2s1. The van der Waals surface area contributed by atoms with Gasteiger partial charge in [0, 0.05) is 18.0 Å². The van der Waals surface area contributed by atoms with Gasteiger partial charge in [-0.3, -0.25) is 9.35 Å². The van der Waals surface area contributed by atoms with E-state index >= 15 is 0 Å². The number of nitrogens with zero attached hydrogens (tertiary/aromatic N) is 6. The van der Waals surface area contributed by atoms with Gasteiger partial charge in [0.1, 0.15) is 15.4 Å². The van der Waals surface area contributed by atoms with Gasteiger partial charge in [-0.25, -0.2) is 0 Å². The van der Waals surface area contributed by atoms with Gasteiger partial charge in [-0.15, -0.1) is 21.5 Å². The molecule has 1 saturated carbocycles. The molecule has 1 aliphatic carbocycles. The lowest BCUT2D eigenvalue weighted by atomic mass is 10.2. The van der Waals surface area contributed by atoms with E-state index in [4.69, 9.17) is 10.5 Å². The maximum absolute atomic E-state index is 13.3. The van der Waals surface area contributed by atoms with Crippen molar-refractivity contribution in [1.29, 1.82) is 0 Å². The summed E-state index contributed by atoms with van der Waals surface area (Å²) in [5.41, 5.74) is 5.42. The van der Waals surface area contributed by atoms with E-state index in [1.165, 1.54) is 11.3 Å². The van der Waals surface area contributed by atoms with Gasteiger partial charge in [-0.2, -0.15) is 31.6 Å². The van der Waals surface area contributed by atoms with Crippen molar-refractivity contribution in [2.45, 2.75) is 62.7 Å². The van der Waals surface area contributed by atoms with E-state index in [9.17, 15) is 30.9 Å². The molecule has 0 saturated heterocycles. The summed E-state index contributed by atoms with van der Waals surface area (Å²) in [6.07, 6.45) is -4.84. The Kier molecular flexibility index (Phi) is 6.06. The molecule has 2 aliphatic rings. The highest BCUT2D eigenvalue weighted by molar-refractivity contribution is 7.87. The summed E-state index contributed by atoms with van der Waals surface area (Å²) in [6.45, 7) is 2.04. The molecular weight excluding hydrogens is 539 g/mol. The maximum Gasteiger partial charge on any atom is 0.451 e. The fourth-order valence-electron chi connectivity index (χ4n) is 4.46.